The predicted molar refractivity (Wildman–Crippen MR) is 123 cm³/mol. The topological polar surface area (TPSA) is 87.7 Å². The summed E-state index contributed by atoms with van der Waals surface area (Å²) in [6.07, 6.45) is 6.37. The van der Waals surface area contributed by atoms with Crippen LogP contribution in [-0.2, 0) is 16.1 Å². The Balaban J connectivity index is 1.54. The van der Waals surface area contributed by atoms with Crippen LogP contribution < -0.4 is 15.4 Å². The monoisotopic (exact) mass is 443 g/mol. The van der Waals surface area contributed by atoms with Gasteiger partial charge in [0.2, 0.25) is 11.8 Å². The second-order valence-electron chi connectivity index (χ2n) is 9.11. The molecule has 176 valence electrons. The number of hydrogen-bond acceptors (Lipinski definition) is 4. The molecular weight excluding hydrogens is 406 g/mol. The SMILES string of the molecule is CCCCC(CC)CNC(=O)C1CCC2C(=O)N(Cc3ccc(OC)cc3)C(=O)NC2C1. The highest BCUT2D eigenvalue weighted by Crippen LogP contribution is 2.33. The van der Waals surface area contributed by atoms with E-state index >= 15 is 0 Å². The second kappa shape index (κ2) is 11.3. The molecule has 1 saturated carbocycles. The standard InChI is InChI=1S/C25H37N3O4/c1-4-6-7-17(5-2)15-26-23(29)19-10-13-21-22(14-19)27-25(31)28(24(21)30)16-18-8-11-20(32-3)12-9-18/h8-9,11-12,17,19,21-22H,4-7,10,13-16H2,1-3H3,(H,26,29)(H,27,31). The number of methoxy groups -OCH3 is 1. The van der Waals surface area contributed by atoms with Gasteiger partial charge in [-0.3, -0.25) is 14.5 Å². The highest BCUT2D eigenvalue weighted by Gasteiger charge is 2.45. The number of imide groups is 1. The van der Waals surface area contributed by atoms with Crippen LogP contribution in [0.1, 0.15) is 64.4 Å². The zero-order valence-corrected chi connectivity index (χ0v) is 19.6. The average molecular weight is 444 g/mol. The van der Waals surface area contributed by atoms with Gasteiger partial charge in [0.1, 0.15) is 5.75 Å². The number of hydrogen-bond donors (Lipinski definition) is 2. The number of fused-ring (bicyclic) bond motifs is 1. The maximum Gasteiger partial charge on any atom is 0.324 e. The molecule has 4 atom stereocenters. The Labute approximate surface area is 191 Å². The van der Waals surface area contributed by atoms with Gasteiger partial charge in [0.15, 0.2) is 0 Å². The van der Waals surface area contributed by atoms with Crippen molar-refractivity contribution >= 4 is 17.8 Å². The van der Waals surface area contributed by atoms with Crippen LogP contribution in [0.4, 0.5) is 4.79 Å². The number of nitrogens with zero attached hydrogens (tertiary/aromatic N) is 1. The summed E-state index contributed by atoms with van der Waals surface area (Å²) in [5.74, 6) is 0.747. The van der Waals surface area contributed by atoms with Crippen molar-refractivity contribution in [3.05, 3.63) is 29.8 Å². The van der Waals surface area contributed by atoms with Crippen molar-refractivity contribution in [3.63, 3.8) is 0 Å². The second-order valence-corrected chi connectivity index (χ2v) is 9.11. The smallest absolute Gasteiger partial charge is 0.324 e. The summed E-state index contributed by atoms with van der Waals surface area (Å²) >= 11 is 0. The highest BCUT2D eigenvalue weighted by atomic mass is 16.5. The van der Waals surface area contributed by atoms with Crippen LogP contribution in [0.15, 0.2) is 24.3 Å². The van der Waals surface area contributed by atoms with Crippen LogP contribution in [-0.4, -0.2) is 42.4 Å². The number of benzene rings is 1. The number of nitrogens with one attached hydrogen (secondary N) is 2. The van der Waals surface area contributed by atoms with E-state index in [4.69, 9.17) is 4.74 Å². The molecule has 32 heavy (non-hydrogen) atoms. The number of rotatable bonds is 10. The fraction of sp³-hybridized carbons (Fsp3) is 0.640. The molecule has 0 bridgehead atoms. The summed E-state index contributed by atoms with van der Waals surface area (Å²) in [5, 5.41) is 6.12. The molecule has 1 aromatic rings. The van der Waals surface area contributed by atoms with Crippen molar-refractivity contribution in [2.24, 2.45) is 17.8 Å². The van der Waals surface area contributed by atoms with Gasteiger partial charge >= 0.3 is 6.03 Å². The summed E-state index contributed by atoms with van der Waals surface area (Å²) in [5.41, 5.74) is 0.870. The van der Waals surface area contributed by atoms with Crippen molar-refractivity contribution < 1.29 is 19.1 Å². The number of carbonyl (C=O) groups excluding carboxylic acids is 3. The average Bonchev–Trinajstić information content (AvgIpc) is 2.81. The lowest BCUT2D eigenvalue weighted by Gasteiger charge is -2.42. The molecule has 3 rings (SSSR count). The number of ether oxygens (including phenoxy) is 1. The molecular formula is C25H37N3O4. The lowest BCUT2D eigenvalue weighted by atomic mass is 9.76. The maximum atomic E-state index is 13.1. The predicted octanol–water partition coefficient (Wildman–Crippen LogP) is 3.86. The fourth-order valence-electron chi connectivity index (χ4n) is 4.80. The largest absolute Gasteiger partial charge is 0.497 e. The molecule has 1 aromatic carbocycles. The highest BCUT2D eigenvalue weighted by molar-refractivity contribution is 5.99. The van der Waals surface area contributed by atoms with Gasteiger partial charge in [0.25, 0.3) is 0 Å². The van der Waals surface area contributed by atoms with Crippen molar-refractivity contribution in [1.29, 1.82) is 0 Å². The van der Waals surface area contributed by atoms with E-state index in [0.717, 1.165) is 24.2 Å². The van der Waals surface area contributed by atoms with E-state index in [2.05, 4.69) is 24.5 Å². The van der Waals surface area contributed by atoms with E-state index in [1.807, 2.05) is 24.3 Å². The fourth-order valence-corrected chi connectivity index (χ4v) is 4.80. The molecule has 2 N–H and O–H groups in total. The third-order valence-corrected chi connectivity index (χ3v) is 6.97. The zero-order chi connectivity index (χ0) is 23.1. The first kappa shape index (κ1) is 24.1. The molecule has 7 nitrogen and oxygen atoms in total. The summed E-state index contributed by atoms with van der Waals surface area (Å²) in [6, 6.07) is 6.71. The molecule has 0 aromatic heterocycles. The Morgan fingerprint density at radius 1 is 1.22 bits per heavy atom. The summed E-state index contributed by atoms with van der Waals surface area (Å²) in [4.78, 5) is 39.8. The third-order valence-electron chi connectivity index (χ3n) is 6.97. The Kier molecular flexibility index (Phi) is 8.53. The quantitative estimate of drug-likeness (QED) is 0.575. The molecule has 1 aliphatic carbocycles. The van der Waals surface area contributed by atoms with Crippen LogP contribution >= 0.6 is 0 Å². The van der Waals surface area contributed by atoms with Gasteiger partial charge in [-0.05, 0) is 49.3 Å². The van der Waals surface area contributed by atoms with E-state index in [0.29, 0.717) is 31.7 Å². The van der Waals surface area contributed by atoms with Crippen molar-refractivity contribution in [3.8, 4) is 5.75 Å². The van der Waals surface area contributed by atoms with Gasteiger partial charge in [0.05, 0.1) is 19.6 Å². The van der Waals surface area contributed by atoms with Gasteiger partial charge in [-0.1, -0.05) is 45.2 Å². The summed E-state index contributed by atoms with van der Waals surface area (Å²) in [7, 11) is 1.60. The minimum Gasteiger partial charge on any atom is -0.497 e. The molecule has 2 fully saturated rings. The molecule has 1 aliphatic heterocycles. The summed E-state index contributed by atoms with van der Waals surface area (Å²) in [6.45, 7) is 5.29. The van der Waals surface area contributed by atoms with Gasteiger partial charge in [-0.25, -0.2) is 4.79 Å². The number of amides is 4. The van der Waals surface area contributed by atoms with E-state index in [1.54, 1.807) is 7.11 Å². The van der Waals surface area contributed by atoms with Crippen molar-refractivity contribution in [2.45, 2.75) is 71.4 Å². The van der Waals surface area contributed by atoms with Gasteiger partial charge < -0.3 is 15.4 Å². The number of urea groups is 1. The Morgan fingerprint density at radius 2 is 1.97 bits per heavy atom. The van der Waals surface area contributed by atoms with E-state index < -0.39 is 0 Å². The Bertz CT molecular complexity index is 795. The maximum absolute atomic E-state index is 13.1. The van der Waals surface area contributed by atoms with Gasteiger partial charge in [-0.15, -0.1) is 0 Å². The van der Waals surface area contributed by atoms with Crippen LogP contribution in [0, 0.1) is 17.8 Å². The molecule has 0 radical (unpaired) electrons. The summed E-state index contributed by atoms with van der Waals surface area (Å²) < 4.78 is 5.16. The van der Waals surface area contributed by atoms with Gasteiger partial charge in [0, 0.05) is 18.5 Å². The third kappa shape index (κ3) is 5.81. The van der Waals surface area contributed by atoms with Gasteiger partial charge in [-0.2, -0.15) is 0 Å². The molecule has 7 heteroatoms. The van der Waals surface area contributed by atoms with E-state index in [1.165, 1.54) is 17.7 Å². The normalized spacial score (nSPS) is 23.8. The first-order valence-electron chi connectivity index (χ1n) is 12.0. The first-order valence-corrected chi connectivity index (χ1v) is 12.0. The van der Waals surface area contributed by atoms with E-state index in [-0.39, 0.29) is 42.3 Å². The van der Waals surface area contributed by atoms with E-state index in [9.17, 15) is 14.4 Å². The molecule has 4 unspecified atom stereocenters. The molecule has 1 saturated heterocycles. The Hall–Kier alpha value is -2.57. The minimum atomic E-state index is -0.376. The number of carbonyl (C=O) groups is 3. The van der Waals surface area contributed by atoms with Crippen molar-refractivity contribution in [2.75, 3.05) is 13.7 Å². The lowest BCUT2D eigenvalue weighted by Crippen LogP contribution is -2.61. The zero-order valence-electron chi connectivity index (χ0n) is 19.6. The lowest BCUT2D eigenvalue weighted by molar-refractivity contribution is -0.139. The van der Waals surface area contributed by atoms with Crippen LogP contribution in [0.5, 0.6) is 5.75 Å². The van der Waals surface area contributed by atoms with Crippen LogP contribution in [0.25, 0.3) is 0 Å². The first-order chi connectivity index (χ1) is 15.5. The number of unbranched alkanes of at least 4 members (excludes halogenated alkanes) is 1. The molecule has 2 aliphatic rings. The minimum absolute atomic E-state index is 0.0563. The van der Waals surface area contributed by atoms with Crippen LogP contribution in [0.3, 0.4) is 0 Å². The molecule has 0 spiro atoms. The molecule has 1 heterocycles. The molecule has 4 amide bonds. The van der Waals surface area contributed by atoms with Crippen molar-refractivity contribution in [1.82, 2.24) is 15.5 Å². The Morgan fingerprint density at radius 3 is 2.62 bits per heavy atom. The van der Waals surface area contributed by atoms with Crippen LogP contribution in [0.2, 0.25) is 0 Å².